The quantitative estimate of drug-likeness (QED) is 0.561. The lowest BCUT2D eigenvalue weighted by molar-refractivity contribution is -0.139. The minimum atomic E-state index is -1.02. The summed E-state index contributed by atoms with van der Waals surface area (Å²) >= 11 is 0. The molecule has 2 aromatic rings. The highest BCUT2D eigenvalue weighted by Gasteiger charge is 2.29. The number of amides is 1. The second-order valence-electron chi connectivity index (χ2n) is 8.76. The molecule has 0 radical (unpaired) electrons. The van der Waals surface area contributed by atoms with Gasteiger partial charge in [0, 0.05) is 5.92 Å². The van der Waals surface area contributed by atoms with Crippen LogP contribution in [-0.2, 0) is 9.53 Å². The van der Waals surface area contributed by atoms with Crippen LogP contribution >= 0.6 is 12.4 Å². The molecule has 1 aliphatic carbocycles. The number of rotatable bonds is 8. The third-order valence-corrected chi connectivity index (χ3v) is 6.60. The van der Waals surface area contributed by atoms with Crippen LogP contribution in [0.1, 0.15) is 55.6 Å². The summed E-state index contributed by atoms with van der Waals surface area (Å²) in [7, 11) is 0. The second-order valence-corrected chi connectivity index (χ2v) is 8.76. The van der Waals surface area contributed by atoms with Gasteiger partial charge in [0.1, 0.15) is 12.6 Å². The summed E-state index contributed by atoms with van der Waals surface area (Å²) in [6.07, 6.45) is 5.43. The predicted octanol–water partition coefficient (Wildman–Crippen LogP) is 5.06. The Morgan fingerprint density at radius 3 is 2.12 bits per heavy atom. The molecule has 1 atom stereocenters. The van der Waals surface area contributed by atoms with Gasteiger partial charge in [0.2, 0.25) is 0 Å². The van der Waals surface area contributed by atoms with Crippen molar-refractivity contribution in [1.29, 1.82) is 0 Å². The Labute approximate surface area is 201 Å². The van der Waals surface area contributed by atoms with Crippen molar-refractivity contribution in [2.45, 2.75) is 50.5 Å². The Balaban J connectivity index is 0.00000306. The number of carbonyl (C=O) groups excluding carboxylic acids is 1. The number of hydrogen-bond acceptors (Lipinski definition) is 4. The van der Waals surface area contributed by atoms with E-state index in [1.54, 1.807) is 0 Å². The van der Waals surface area contributed by atoms with Crippen molar-refractivity contribution >= 4 is 24.5 Å². The molecule has 4 rings (SSSR count). The number of halogens is 1. The number of aliphatic carboxylic acids is 1. The first-order valence-corrected chi connectivity index (χ1v) is 11.7. The molecule has 0 aromatic heterocycles. The Morgan fingerprint density at radius 2 is 1.55 bits per heavy atom. The van der Waals surface area contributed by atoms with E-state index in [1.807, 2.05) is 24.3 Å². The van der Waals surface area contributed by atoms with Gasteiger partial charge in [-0.15, -0.1) is 12.4 Å². The van der Waals surface area contributed by atoms with E-state index in [0.29, 0.717) is 6.42 Å². The van der Waals surface area contributed by atoms with Crippen LogP contribution < -0.4 is 5.32 Å². The van der Waals surface area contributed by atoms with E-state index in [2.05, 4.69) is 34.5 Å². The highest BCUT2D eigenvalue weighted by atomic mass is 35.5. The van der Waals surface area contributed by atoms with Gasteiger partial charge in [0.05, 0.1) is 0 Å². The average Bonchev–Trinajstić information content (AvgIpc) is 2.92. The number of fused-ring (bicyclic) bond motifs is 3. The van der Waals surface area contributed by atoms with Crippen molar-refractivity contribution in [3.63, 3.8) is 0 Å². The summed E-state index contributed by atoms with van der Waals surface area (Å²) in [5, 5.41) is 12.1. The first kappa shape index (κ1) is 25.1. The highest BCUT2D eigenvalue weighted by molar-refractivity contribution is 5.85. The lowest BCUT2D eigenvalue weighted by Crippen LogP contribution is -2.42. The zero-order valence-electron chi connectivity index (χ0n) is 18.9. The van der Waals surface area contributed by atoms with E-state index >= 15 is 0 Å². The lowest BCUT2D eigenvalue weighted by atomic mass is 9.98. The monoisotopic (exact) mass is 472 g/mol. The molecule has 0 spiro atoms. The summed E-state index contributed by atoms with van der Waals surface area (Å²) in [6.45, 7) is 3.21. The molecule has 0 unspecified atom stereocenters. The minimum absolute atomic E-state index is 0. The first-order chi connectivity index (χ1) is 15.6. The third kappa shape index (κ3) is 6.27. The van der Waals surface area contributed by atoms with Crippen LogP contribution in [0.15, 0.2) is 48.5 Å². The van der Waals surface area contributed by atoms with Crippen molar-refractivity contribution in [2.24, 2.45) is 0 Å². The van der Waals surface area contributed by atoms with E-state index in [0.717, 1.165) is 48.3 Å². The van der Waals surface area contributed by atoms with Crippen LogP contribution in [-0.4, -0.2) is 54.4 Å². The Kier molecular flexibility index (Phi) is 9.15. The van der Waals surface area contributed by atoms with Crippen LogP contribution in [0, 0.1) is 0 Å². The molecule has 1 heterocycles. The van der Waals surface area contributed by atoms with E-state index in [9.17, 15) is 14.7 Å². The predicted molar refractivity (Wildman–Crippen MR) is 131 cm³/mol. The maximum atomic E-state index is 12.4. The molecule has 2 N–H and O–H groups in total. The summed E-state index contributed by atoms with van der Waals surface area (Å²) in [4.78, 5) is 26.5. The van der Waals surface area contributed by atoms with Crippen molar-refractivity contribution < 1.29 is 19.4 Å². The number of nitrogens with zero attached hydrogens (tertiary/aromatic N) is 1. The molecular weight excluding hydrogens is 440 g/mol. The van der Waals surface area contributed by atoms with Crippen molar-refractivity contribution in [3.8, 4) is 11.1 Å². The minimum Gasteiger partial charge on any atom is -0.480 e. The molecule has 0 bridgehead atoms. The number of hydrogen-bond donors (Lipinski definition) is 2. The molecule has 1 saturated heterocycles. The zero-order chi connectivity index (χ0) is 22.3. The van der Waals surface area contributed by atoms with Gasteiger partial charge in [-0.2, -0.15) is 0 Å². The number of benzene rings is 2. The van der Waals surface area contributed by atoms with Crippen molar-refractivity contribution in [3.05, 3.63) is 59.7 Å². The molecule has 1 amide bonds. The zero-order valence-corrected chi connectivity index (χ0v) is 19.7. The van der Waals surface area contributed by atoms with Gasteiger partial charge in [0.25, 0.3) is 0 Å². The second kappa shape index (κ2) is 12.1. The summed E-state index contributed by atoms with van der Waals surface area (Å²) in [5.41, 5.74) is 4.59. The van der Waals surface area contributed by atoms with Crippen LogP contribution in [0.5, 0.6) is 0 Å². The van der Waals surface area contributed by atoms with Gasteiger partial charge in [-0.25, -0.2) is 9.59 Å². The normalized spacial score (nSPS) is 16.6. The number of nitrogens with one attached hydrogen (secondary N) is 1. The number of carboxylic acids is 1. The van der Waals surface area contributed by atoms with Gasteiger partial charge in [-0.05, 0) is 67.6 Å². The molecule has 6 nitrogen and oxygen atoms in total. The van der Waals surface area contributed by atoms with E-state index in [4.69, 9.17) is 4.74 Å². The molecule has 0 saturated carbocycles. The van der Waals surface area contributed by atoms with Crippen LogP contribution in [0.25, 0.3) is 11.1 Å². The van der Waals surface area contributed by atoms with Crippen LogP contribution in [0.3, 0.4) is 0 Å². The molecule has 2 aromatic carbocycles. The largest absolute Gasteiger partial charge is 0.480 e. The summed E-state index contributed by atoms with van der Waals surface area (Å²) in [6, 6.07) is 15.3. The van der Waals surface area contributed by atoms with Gasteiger partial charge in [-0.3, -0.25) is 0 Å². The van der Waals surface area contributed by atoms with Crippen molar-refractivity contribution in [2.75, 3.05) is 26.2 Å². The molecule has 178 valence electrons. The molecule has 1 aliphatic heterocycles. The van der Waals surface area contributed by atoms with Gasteiger partial charge in [-0.1, -0.05) is 61.4 Å². The number of alkyl carbamates (subject to hydrolysis) is 1. The fraction of sp³-hybridized carbons (Fsp3) is 0.462. The number of likely N-dealkylation sites (tertiary alicyclic amines) is 1. The lowest BCUT2D eigenvalue weighted by Gasteiger charge is -2.21. The standard InChI is InChI=1S/C26H32N2O4.ClH/c29-25(30)24(14-9-17-28-15-7-1-2-8-16-28)27-26(31)32-18-23-21-12-5-3-10-19(21)20-11-4-6-13-22(20)23;/h3-6,10-13,23-24H,1-2,7-9,14-18H2,(H,27,31)(H,29,30);1H/t24-;/m0./s1. The Morgan fingerprint density at radius 1 is 0.970 bits per heavy atom. The first-order valence-electron chi connectivity index (χ1n) is 11.7. The maximum absolute atomic E-state index is 12.4. The smallest absolute Gasteiger partial charge is 0.407 e. The fourth-order valence-electron chi connectivity index (χ4n) is 4.92. The average molecular weight is 473 g/mol. The Bertz CT molecular complexity index is 898. The molecular formula is C26H33ClN2O4. The highest BCUT2D eigenvalue weighted by Crippen LogP contribution is 2.44. The van der Waals surface area contributed by atoms with E-state index in [1.165, 1.54) is 25.7 Å². The van der Waals surface area contributed by atoms with Crippen LogP contribution in [0.2, 0.25) is 0 Å². The topological polar surface area (TPSA) is 78.9 Å². The number of ether oxygens (including phenoxy) is 1. The summed E-state index contributed by atoms with van der Waals surface area (Å²) in [5.74, 6) is -1.06. The SMILES string of the molecule is Cl.O=C(N[C@@H](CCCN1CCCCCC1)C(=O)O)OCC1c2ccccc2-c2ccccc21. The fourth-order valence-corrected chi connectivity index (χ4v) is 4.92. The number of carbonyl (C=O) groups is 2. The summed E-state index contributed by atoms with van der Waals surface area (Å²) < 4.78 is 5.51. The van der Waals surface area contributed by atoms with Gasteiger partial charge in [0.15, 0.2) is 0 Å². The van der Waals surface area contributed by atoms with E-state index < -0.39 is 18.1 Å². The van der Waals surface area contributed by atoms with Crippen LogP contribution in [0.4, 0.5) is 4.79 Å². The van der Waals surface area contributed by atoms with Gasteiger partial charge < -0.3 is 20.1 Å². The maximum Gasteiger partial charge on any atom is 0.407 e. The number of carboxylic acid groups (broad SMARTS) is 1. The van der Waals surface area contributed by atoms with Gasteiger partial charge >= 0.3 is 12.1 Å². The molecule has 33 heavy (non-hydrogen) atoms. The van der Waals surface area contributed by atoms with E-state index in [-0.39, 0.29) is 24.9 Å². The molecule has 2 aliphatic rings. The third-order valence-electron chi connectivity index (χ3n) is 6.60. The molecule has 7 heteroatoms. The van der Waals surface area contributed by atoms with Crippen molar-refractivity contribution in [1.82, 2.24) is 10.2 Å². The Hall–Kier alpha value is -2.57. The molecule has 1 fully saturated rings.